The van der Waals surface area contributed by atoms with Gasteiger partial charge in [0.25, 0.3) is 5.91 Å². The molecule has 1 aliphatic heterocycles. The largest absolute Gasteiger partial charge is 0.316 e. The van der Waals surface area contributed by atoms with E-state index in [4.69, 9.17) is 0 Å². The Kier molecular flexibility index (Phi) is 4.56. The molecular weight excluding hydrogens is 328 g/mol. The van der Waals surface area contributed by atoms with Crippen LogP contribution in [0.4, 0.5) is 20.2 Å². The molecule has 0 unspecified atom stereocenters. The molecule has 1 heterocycles. The maximum Gasteiger partial charge on any atom is 0.272 e. The molecule has 5 nitrogen and oxygen atoms in total. The number of hydrogen-bond donors (Lipinski definition) is 1. The third-order valence-electron chi connectivity index (χ3n) is 3.74. The first-order valence-electron chi connectivity index (χ1n) is 7.68. The summed E-state index contributed by atoms with van der Waals surface area (Å²) in [5.41, 5.74) is 0.968. The number of carbonyl (C=O) groups excluding carboxylic acids is 2. The molecule has 1 aliphatic rings. The van der Waals surface area contributed by atoms with Crippen LogP contribution in [0.5, 0.6) is 0 Å². The Bertz CT molecular complexity index is 860. The summed E-state index contributed by atoms with van der Waals surface area (Å²) in [5, 5.41) is 7.40. The van der Waals surface area contributed by atoms with E-state index >= 15 is 0 Å². The standard InChI is InChI=1S/C18H15F2N3O2/c1-11-4-2-5-12(10-11)23-16(24)9-8-15(22-23)18(25)21-17-13(19)6-3-7-14(17)20/h2-7,10H,8-9H2,1H3,(H,21,25). The number of rotatable bonds is 3. The van der Waals surface area contributed by atoms with Gasteiger partial charge in [-0.3, -0.25) is 9.59 Å². The Hall–Kier alpha value is -3.09. The summed E-state index contributed by atoms with van der Waals surface area (Å²) < 4.78 is 27.3. The van der Waals surface area contributed by atoms with Crippen LogP contribution in [0.15, 0.2) is 47.6 Å². The normalized spacial score (nSPS) is 14.3. The van der Waals surface area contributed by atoms with Crippen molar-refractivity contribution < 1.29 is 18.4 Å². The number of benzene rings is 2. The monoisotopic (exact) mass is 343 g/mol. The third-order valence-corrected chi connectivity index (χ3v) is 3.74. The lowest BCUT2D eigenvalue weighted by Crippen LogP contribution is -2.36. The minimum Gasteiger partial charge on any atom is -0.316 e. The zero-order valence-electron chi connectivity index (χ0n) is 13.4. The minimum atomic E-state index is -0.878. The van der Waals surface area contributed by atoms with Gasteiger partial charge in [0, 0.05) is 12.8 Å². The second-order valence-electron chi connectivity index (χ2n) is 5.64. The highest BCUT2D eigenvalue weighted by atomic mass is 19.1. The predicted octanol–water partition coefficient (Wildman–Crippen LogP) is 3.39. The fraction of sp³-hybridized carbons (Fsp3) is 0.167. The van der Waals surface area contributed by atoms with Gasteiger partial charge in [-0.05, 0) is 36.8 Å². The van der Waals surface area contributed by atoms with Gasteiger partial charge in [-0.2, -0.15) is 5.10 Å². The van der Waals surface area contributed by atoms with Gasteiger partial charge in [0.15, 0.2) is 0 Å². The van der Waals surface area contributed by atoms with Gasteiger partial charge in [-0.25, -0.2) is 13.8 Å². The molecule has 7 heteroatoms. The molecule has 0 aromatic heterocycles. The molecule has 2 aromatic rings. The van der Waals surface area contributed by atoms with E-state index in [0.717, 1.165) is 22.7 Å². The van der Waals surface area contributed by atoms with Crippen molar-refractivity contribution in [1.82, 2.24) is 0 Å². The summed E-state index contributed by atoms with van der Waals surface area (Å²) in [6.07, 6.45) is 0.184. The summed E-state index contributed by atoms with van der Waals surface area (Å²) in [4.78, 5) is 24.4. The molecular formula is C18H15F2N3O2. The molecule has 2 aromatic carbocycles. The van der Waals surface area contributed by atoms with Gasteiger partial charge in [0.05, 0.1) is 5.69 Å². The average Bonchev–Trinajstić information content (AvgIpc) is 2.58. The van der Waals surface area contributed by atoms with Gasteiger partial charge in [0.2, 0.25) is 5.91 Å². The van der Waals surface area contributed by atoms with Crippen molar-refractivity contribution in [3.8, 4) is 0 Å². The third kappa shape index (κ3) is 3.55. The zero-order chi connectivity index (χ0) is 18.0. The Morgan fingerprint density at radius 3 is 2.48 bits per heavy atom. The number of nitrogens with zero attached hydrogens (tertiary/aromatic N) is 2. The topological polar surface area (TPSA) is 61.8 Å². The number of halogens is 2. The first-order chi connectivity index (χ1) is 12.0. The summed E-state index contributed by atoms with van der Waals surface area (Å²) in [6.45, 7) is 1.87. The highest BCUT2D eigenvalue weighted by molar-refractivity contribution is 6.44. The Morgan fingerprint density at radius 2 is 1.80 bits per heavy atom. The van der Waals surface area contributed by atoms with Crippen LogP contribution >= 0.6 is 0 Å². The first-order valence-corrected chi connectivity index (χ1v) is 7.68. The number of hydrazone groups is 1. The molecule has 2 amide bonds. The van der Waals surface area contributed by atoms with Crippen LogP contribution in [0.2, 0.25) is 0 Å². The van der Waals surface area contributed by atoms with Crippen molar-refractivity contribution in [2.45, 2.75) is 19.8 Å². The van der Waals surface area contributed by atoms with Crippen LogP contribution in [-0.2, 0) is 9.59 Å². The molecule has 128 valence electrons. The van der Waals surface area contributed by atoms with Crippen molar-refractivity contribution in [1.29, 1.82) is 0 Å². The lowest BCUT2D eigenvalue weighted by Gasteiger charge is -2.23. The van der Waals surface area contributed by atoms with Gasteiger partial charge < -0.3 is 5.32 Å². The molecule has 0 radical (unpaired) electrons. The van der Waals surface area contributed by atoms with Crippen molar-refractivity contribution in [2.75, 3.05) is 10.3 Å². The second-order valence-corrected chi connectivity index (χ2v) is 5.64. The number of anilines is 2. The molecule has 0 saturated carbocycles. The maximum atomic E-state index is 13.7. The fourth-order valence-electron chi connectivity index (χ4n) is 2.48. The van der Waals surface area contributed by atoms with Gasteiger partial charge in [0.1, 0.15) is 23.0 Å². The van der Waals surface area contributed by atoms with Crippen LogP contribution in [0.3, 0.4) is 0 Å². The van der Waals surface area contributed by atoms with E-state index in [9.17, 15) is 18.4 Å². The van der Waals surface area contributed by atoms with Gasteiger partial charge >= 0.3 is 0 Å². The summed E-state index contributed by atoms with van der Waals surface area (Å²) in [7, 11) is 0. The van der Waals surface area contributed by atoms with Crippen LogP contribution in [0.25, 0.3) is 0 Å². The maximum absolute atomic E-state index is 13.7. The average molecular weight is 343 g/mol. The number of hydrogen-bond acceptors (Lipinski definition) is 3. The molecule has 0 atom stereocenters. The number of amides is 2. The summed E-state index contributed by atoms with van der Waals surface area (Å²) >= 11 is 0. The number of carbonyl (C=O) groups is 2. The van der Waals surface area contributed by atoms with E-state index in [2.05, 4.69) is 10.4 Å². The highest BCUT2D eigenvalue weighted by Gasteiger charge is 2.26. The summed E-state index contributed by atoms with van der Waals surface area (Å²) in [6, 6.07) is 10.4. The molecule has 0 spiro atoms. The fourth-order valence-corrected chi connectivity index (χ4v) is 2.48. The summed E-state index contributed by atoms with van der Waals surface area (Å²) in [5.74, 6) is -2.75. The number of para-hydroxylation sites is 1. The van der Waals surface area contributed by atoms with E-state index in [0.29, 0.717) is 5.69 Å². The molecule has 0 saturated heterocycles. The first kappa shape index (κ1) is 16.8. The van der Waals surface area contributed by atoms with E-state index in [1.165, 1.54) is 6.07 Å². The molecule has 3 rings (SSSR count). The van der Waals surface area contributed by atoms with Crippen LogP contribution in [0.1, 0.15) is 18.4 Å². The smallest absolute Gasteiger partial charge is 0.272 e. The number of nitrogens with one attached hydrogen (secondary N) is 1. The molecule has 0 bridgehead atoms. The quantitative estimate of drug-likeness (QED) is 0.928. The van der Waals surface area contributed by atoms with Crippen molar-refractivity contribution in [2.24, 2.45) is 5.10 Å². The Balaban J connectivity index is 1.87. The van der Waals surface area contributed by atoms with Crippen molar-refractivity contribution in [3.05, 3.63) is 59.7 Å². The Morgan fingerprint density at radius 1 is 1.12 bits per heavy atom. The Labute approximate surface area is 143 Å². The van der Waals surface area contributed by atoms with E-state index in [-0.39, 0.29) is 24.5 Å². The second kappa shape index (κ2) is 6.80. The van der Waals surface area contributed by atoms with E-state index in [1.807, 2.05) is 13.0 Å². The lowest BCUT2D eigenvalue weighted by molar-refractivity contribution is -0.118. The molecule has 0 aliphatic carbocycles. The predicted molar refractivity (Wildman–Crippen MR) is 90.3 cm³/mol. The van der Waals surface area contributed by atoms with Crippen molar-refractivity contribution >= 4 is 28.9 Å². The number of aryl methyl sites for hydroxylation is 1. The van der Waals surface area contributed by atoms with E-state index in [1.54, 1.807) is 18.2 Å². The SMILES string of the molecule is Cc1cccc(N2N=C(C(=O)Nc3c(F)cccc3F)CCC2=O)c1. The van der Waals surface area contributed by atoms with Gasteiger partial charge in [-0.15, -0.1) is 0 Å². The van der Waals surface area contributed by atoms with Crippen LogP contribution < -0.4 is 10.3 Å². The van der Waals surface area contributed by atoms with Crippen LogP contribution in [-0.4, -0.2) is 17.5 Å². The highest BCUT2D eigenvalue weighted by Crippen LogP contribution is 2.23. The molecule has 1 N–H and O–H groups in total. The minimum absolute atomic E-state index is 0.0313. The van der Waals surface area contributed by atoms with Crippen molar-refractivity contribution in [3.63, 3.8) is 0 Å². The van der Waals surface area contributed by atoms with Gasteiger partial charge in [-0.1, -0.05) is 18.2 Å². The van der Waals surface area contributed by atoms with E-state index < -0.39 is 23.2 Å². The molecule has 25 heavy (non-hydrogen) atoms. The molecule has 0 fully saturated rings. The van der Waals surface area contributed by atoms with Crippen LogP contribution in [0, 0.1) is 18.6 Å². The lowest BCUT2D eigenvalue weighted by atomic mass is 10.1. The zero-order valence-corrected chi connectivity index (χ0v) is 13.4.